The lowest BCUT2D eigenvalue weighted by atomic mass is 9.71. The average Bonchev–Trinajstić information content (AvgIpc) is 2.69. The average molecular weight is 394 g/mol. The Kier molecular flexibility index (Phi) is 6.55. The molecule has 2 N–H and O–H groups in total. The molecule has 0 radical (unpaired) electrons. The van der Waals surface area contributed by atoms with Gasteiger partial charge in [0, 0.05) is 32.6 Å². The number of piperazine rings is 1. The number of nitrogens with two attached hydrogens (primary N) is 1. The van der Waals surface area contributed by atoms with Crippen LogP contribution < -0.4 is 5.73 Å². The largest absolute Gasteiger partial charge is 0.340 e. The number of benzene rings is 1. The molecule has 1 aromatic rings. The van der Waals surface area contributed by atoms with Crippen LogP contribution in [0.5, 0.6) is 0 Å². The summed E-state index contributed by atoms with van der Waals surface area (Å²) in [5, 5.41) is 0. The molecule has 3 rings (SSSR count). The molecule has 2 fully saturated rings. The van der Waals surface area contributed by atoms with E-state index in [0.717, 1.165) is 31.2 Å². The molecule has 1 heterocycles. The third-order valence-corrected chi connectivity index (χ3v) is 7.90. The number of nitrogens with zero attached hydrogens (tertiary/aromatic N) is 2. The Labute approximate surface area is 162 Å². The number of rotatable bonds is 6. The van der Waals surface area contributed by atoms with Crippen molar-refractivity contribution >= 4 is 15.9 Å². The fourth-order valence-corrected chi connectivity index (χ4v) is 5.80. The van der Waals surface area contributed by atoms with Gasteiger partial charge in [0.25, 0.3) is 0 Å². The third-order valence-electron chi connectivity index (χ3n) is 6.05. The standard InChI is InChI=1S/C20H31N3O3S/c21-17-20(9-5-2-6-10-20)15-19(24)22-11-13-23(14-12-22)27(25,26)16-18-7-3-1-4-8-18/h1,3-4,7-8H,2,5-6,9-17,21H2. The van der Waals surface area contributed by atoms with Crippen molar-refractivity contribution in [2.45, 2.75) is 44.3 Å². The lowest BCUT2D eigenvalue weighted by Crippen LogP contribution is -2.52. The van der Waals surface area contributed by atoms with Gasteiger partial charge in [0.1, 0.15) is 0 Å². The molecule has 1 aromatic carbocycles. The van der Waals surface area contributed by atoms with E-state index < -0.39 is 10.0 Å². The van der Waals surface area contributed by atoms with Crippen molar-refractivity contribution in [3.63, 3.8) is 0 Å². The first-order valence-electron chi connectivity index (χ1n) is 9.94. The van der Waals surface area contributed by atoms with Crippen LogP contribution in [0, 0.1) is 5.41 Å². The van der Waals surface area contributed by atoms with E-state index in [1.165, 1.54) is 10.7 Å². The van der Waals surface area contributed by atoms with E-state index in [-0.39, 0.29) is 17.1 Å². The zero-order chi connectivity index (χ0) is 19.3. The monoisotopic (exact) mass is 393 g/mol. The van der Waals surface area contributed by atoms with Crippen molar-refractivity contribution in [2.24, 2.45) is 11.1 Å². The van der Waals surface area contributed by atoms with Crippen LogP contribution in [0.2, 0.25) is 0 Å². The second kappa shape index (κ2) is 8.71. The number of hydrogen-bond acceptors (Lipinski definition) is 4. The van der Waals surface area contributed by atoms with Gasteiger partial charge in [-0.2, -0.15) is 4.31 Å². The summed E-state index contributed by atoms with van der Waals surface area (Å²) in [4.78, 5) is 14.6. The van der Waals surface area contributed by atoms with Crippen molar-refractivity contribution in [3.8, 4) is 0 Å². The lowest BCUT2D eigenvalue weighted by molar-refractivity contribution is -0.135. The minimum absolute atomic E-state index is 0.0120. The Morgan fingerprint density at radius 1 is 1.00 bits per heavy atom. The van der Waals surface area contributed by atoms with E-state index in [2.05, 4.69) is 0 Å². The van der Waals surface area contributed by atoms with Gasteiger partial charge in [0.2, 0.25) is 15.9 Å². The van der Waals surface area contributed by atoms with Gasteiger partial charge in [0.15, 0.2) is 0 Å². The molecule has 0 bridgehead atoms. The van der Waals surface area contributed by atoms with Gasteiger partial charge < -0.3 is 10.6 Å². The zero-order valence-corrected chi connectivity index (χ0v) is 16.8. The highest BCUT2D eigenvalue weighted by atomic mass is 32.2. The normalized spacial score (nSPS) is 21.1. The SMILES string of the molecule is NCC1(CC(=O)N2CCN(S(=O)(=O)Cc3ccccc3)CC2)CCCCC1. The number of hydrogen-bond donors (Lipinski definition) is 1. The Bertz CT molecular complexity index is 722. The first-order chi connectivity index (χ1) is 12.9. The Balaban J connectivity index is 1.54. The van der Waals surface area contributed by atoms with E-state index in [0.29, 0.717) is 39.1 Å². The second-order valence-corrected chi connectivity index (χ2v) is 9.93. The highest BCUT2D eigenvalue weighted by Gasteiger charge is 2.36. The predicted molar refractivity (Wildman–Crippen MR) is 106 cm³/mol. The van der Waals surface area contributed by atoms with Crippen molar-refractivity contribution in [1.29, 1.82) is 0 Å². The van der Waals surface area contributed by atoms with Crippen LogP contribution in [0.3, 0.4) is 0 Å². The minimum Gasteiger partial charge on any atom is -0.340 e. The summed E-state index contributed by atoms with van der Waals surface area (Å²) in [5.41, 5.74) is 6.75. The summed E-state index contributed by atoms with van der Waals surface area (Å²) in [7, 11) is -3.35. The van der Waals surface area contributed by atoms with Crippen LogP contribution in [0.1, 0.15) is 44.1 Å². The van der Waals surface area contributed by atoms with Crippen LogP contribution in [-0.4, -0.2) is 56.3 Å². The lowest BCUT2D eigenvalue weighted by Gasteiger charge is -2.39. The third kappa shape index (κ3) is 5.09. The van der Waals surface area contributed by atoms with E-state index in [1.807, 2.05) is 35.2 Å². The fraction of sp³-hybridized carbons (Fsp3) is 0.650. The van der Waals surface area contributed by atoms with Crippen LogP contribution in [-0.2, 0) is 20.6 Å². The summed E-state index contributed by atoms with van der Waals surface area (Å²) in [6.45, 7) is 2.23. The molecule has 0 spiro atoms. The van der Waals surface area contributed by atoms with E-state index in [9.17, 15) is 13.2 Å². The van der Waals surface area contributed by atoms with Crippen LogP contribution in [0.15, 0.2) is 30.3 Å². The van der Waals surface area contributed by atoms with Crippen molar-refractivity contribution in [3.05, 3.63) is 35.9 Å². The molecule has 1 saturated carbocycles. The molecule has 0 aromatic heterocycles. The fourth-order valence-electron chi connectivity index (χ4n) is 4.28. The predicted octanol–water partition coefficient (Wildman–Crippen LogP) is 1.96. The van der Waals surface area contributed by atoms with Crippen molar-refractivity contribution < 1.29 is 13.2 Å². The maximum atomic E-state index is 12.8. The minimum atomic E-state index is -3.35. The number of amides is 1. The molecule has 2 aliphatic rings. The summed E-state index contributed by atoms with van der Waals surface area (Å²) in [5.74, 6) is 0.139. The Morgan fingerprint density at radius 3 is 2.22 bits per heavy atom. The molecule has 0 atom stereocenters. The smallest absolute Gasteiger partial charge is 0.223 e. The van der Waals surface area contributed by atoms with Gasteiger partial charge in [-0.15, -0.1) is 0 Å². The second-order valence-electron chi connectivity index (χ2n) is 7.96. The van der Waals surface area contributed by atoms with Gasteiger partial charge in [-0.25, -0.2) is 8.42 Å². The molecule has 1 aliphatic carbocycles. The zero-order valence-electron chi connectivity index (χ0n) is 16.0. The molecule has 1 aliphatic heterocycles. The highest BCUT2D eigenvalue weighted by molar-refractivity contribution is 7.88. The number of sulfonamides is 1. The molecule has 27 heavy (non-hydrogen) atoms. The summed E-state index contributed by atoms with van der Waals surface area (Å²) in [6, 6.07) is 9.22. The van der Waals surface area contributed by atoms with Gasteiger partial charge in [-0.1, -0.05) is 49.6 Å². The molecule has 150 valence electrons. The summed E-state index contributed by atoms with van der Waals surface area (Å²) < 4.78 is 26.8. The molecular formula is C20H31N3O3S. The highest BCUT2D eigenvalue weighted by Crippen LogP contribution is 2.38. The maximum Gasteiger partial charge on any atom is 0.223 e. The van der Waals surface area contributed by atoms with E-state index in [1.54, 1.807) is 0 Å². The Hall–Kier alpha value is -1.44. The van der Waals surface area contributed by atoms with Gasteiger partial charge in [-0.3, -0.25) is 4.79 Å². The first-order valence-corrected chi connectivity index (χ1v) is 11.5. The van der Waals surface area contributed by atoms with E-state index >= 15 is 0 Å². The van der Waals surface area contributed by atoms with E-state index in [4.69, 9.17) is 5.73 Å². The molecule has 1 saturated heterocycles. The van der Waals surface area contributed by atoms with Crippen LogP contribution in [0.25, 0.3) is 0 Å². The quantitative estimate of drug-likeness (QED) is 0.801. The van der Waals surface area contributed by atoms with Crippen LogP contribution >= 0.6 is 0 Å². The number of carbonyl (C=O) groups is 1. The molecule has 6 nitrogen and oxygen atoms in total. The molecule has 7 heteroatoms. The number of carbonyl (C=O) groups excluding carboxylic acids is 1. The molecule has 0 unspecified atom stereocenters. The van der Waals surface area contributed by atoms with Crippen molar-refractivity contribution in [2.75, 3.05) is 32.7 Å². The summed E-state index contributed by atoms with van der Waals surface area (Å²) in [6.07, 6.45) is 6.08. The summed E-state index contributed by atoms with van der Waals surface area (Å²) >= 11 is 0. The first kappa shape index (κ1) is 20.3. The topological polar surface area (TPSA) is 83.7 Å². The molecular weight excluding hydrogens is 362 g/mol. The van der Waals surface area contributed by atoms with Gasteiger partial charge >= 0.3 is 0 Å². The molecule has 1 amide bonds. The Morgan fingerprint density at radius 2 is 1.63 bits per heavy atom. The van der Waals surface area contributed by atoms with Crippen LogP contribution in [0.4, 0.5) is 0 Å². The van der Waals surface area contributed by atoms with Crippen molar-refractivity contribution in [1.82, 2.24) is 9.21 Å². The maximum absolute atomic E-state index is 12.8. The van der Waals surface area contributed by atoms with Gasteiger partial charge in [0.05, 0.1) is 5.75 Å². The van der Waals surface area contributed by atoms with Gasteiger partial charge in [-0.05, 0) is 30.4 Å².